The van der Waals surface area contributed by atoms with E-state index in [0.717, 1.165) is 11.5 Å². The highest BCUT2D eigenvalue weighted by Crippen LogP contribution is 2.31. The van der Waals surface area contributed by atoms with Crippen molar-refractivity contribution in [2.45, 2.75) is 0 Å². The first kappa shape index (κ1) is 6.39. The molecule has 56 valence electrons. The highest BCUT2D eigenvalue weighted by molar-refractivity contribution is 5.72. The number of hydrogen-bond donors (Lipinski definition) is 0. The molecule has 1 aliphatic rings. The Morgan fingerprint density at radius 2 is 2.18 bits per heavy atom. The summed E-state index contributed by atoms with van der Waals surface area (Å²) in [5, 5.41) is 0. The highest BCUT2D eigenvalue weighted by atomic mass is 15.4. The topological polar surface area (TPSA) is 32.3 Å². The fourth-order valence-electron chi connectivity index (χ4n) is 1.14. The summed E-state index contributed by atoms with van der Waals surface area (Å²) in [6, 6.07) is 0. The monoisotopic (exact) mass is 148 g/mol. The van der Waals surface area contributed by atoms with Crippen LogP contribution in [-0.4, -0.2) is 24.1 Å². The zero-order chi connectivity index (χ0) is 7.84. The van der Waals surface area contributed by atoms with Crippen LogP contribution in [-0.2, 0) is 0 Å². The van der Waals surface area contributed by atoms with E-state index in [-0.39, 0.29) is 0 Å². The van der Waals surface area contributed by atoms with Crippen LogP contribution in [0.1, 0.15) is 0 Å². The quantitative estimate of drug-likeness (QED) is 0.531. The highest BCUT2D eigenvalue weighted by Gasteiger charge is 2.22. The molecule has 1 aromatic heterocycles. The Morgan fingerprint density at radius 3 is 2.91 bits per heavy atom. The molecule has 0 bridgehead atoms. The zero-order valence-corrected chi connectivity index (χ0v) is 6.44. The second-order valence-corrected chi connectivity index (χ2v) is 2.45. The lowest BCUT2D eigenvalue weighted by Gasteiger charge is -2.07. The Morgan fingerprint density at radius 1 is 1.36 bits per heavy atom. The number of aromatic nitrogens is 2. The van der Waals surface area contributed by atoms with Crippen LogP contribution in [0.4, 0.5) is 11.5 Å². The summed E-state index contributed by atoms with van der Waals surface area (Å²) >= 11 is 0. The summed E-state index contributed by atoms with van der Waals surface area (Å²) in [5.41, 5.74) is 0.995. The van der Waals surface area contributed by atoms with Crippen molar-refractivity contribution in [1.29, 1.82) is 0 Å². The van der Waals surface area contributed by atoms with Crippen molar-refractivity contribution in [3.63, 3.8) is 0 Å². The molecule has 0 saturated heterocycles. The molecule has 2 radical (unpaired) electrons. The van der Waals surface area contributed by atoms with Crippen LogP contribution in [0, 0.1) is 6.67 Å². The third kappa shape index (κ3) is 0.824. The van der Waals surface area contributed by atoms with E-state index in [0.29, 0.717) is 0 Å². The molecule has 0 fully saturated rings. The van der Waals surface area contributed by atoms with Crippen molar-refractivity contribution < 1.29 is 0 Å². The average Bonchev–Trinajstić information content (AvgIpc) is 2.30. The van der Waals surface area contributed by atoms with Gasteiger partial charge in [-0.05, 0) is 0 Å². The Bertz CT molecular complexity index is 246. The summed E-state index contributed by atoms with van der Waals surface area (Å²) < 4.78 is 0. The van der Waals surface area contributed by atoms with E-state index >= 15 is 0 Å². The molecule has 0 amide bonds. The number of nitrogens with zero attached hydrogens (tertiary/aromatic N) is 4. The minimum atomic E-state index is 0.905. The Balaban J connectivity index is 2.52. The molecule has 4 nitrogen and oxygen atoms in total. The summed E-state index contributed by atoms with van der Waals surface area (Å²) in [6.07, 6.45) is 3.31. The van der Waals surface area contributed by atoms with Crippen LogP contribution in [0.25, 0.3) is 0 Å². The van der Waals surface area contributed by atoms with Gasteiger partial charge in [-0.1, -0.05) is 0 Å². The van der Waals surface area contributed by atoms with E-state index in [9.17, 15) is 0 Å². The van der Waals surface area contributed by atoms with Crippen LogP contribution in [0.3, 0.4) is 0 Å². The molecule has 0 saturated carbocycles. The van der Waals surface area contributed by atoms with E-state index in [1.165, 1.54) is 6.33 Å². The van der Waals surface area contributed by atoms with Crippen molar-refractivity contribution in [2.24, 2.45) is 0 Å². The number of rotatable bonds is 0. The van der Waals surface area contributed by atoms with Crippen molar-refractivity contribution in [3.05, 3.63) is 19.2 Å². The van der Waals surface area contributed by atoms with E-state index in [4.69, 9.17) is 0 Å². The fourth-order valence-corrected chi connectivity index (χ4v) is 1.14. The largest absolute Gasteiger partial charge is 0.340 e. The van der Waals surface area contributed by atoms with E-state index in [1.54, 1.807) is 6.20 Å². The molecule has 0 aromatic carbocycles. The molecule has 0 N–H and O–H groups in total. The van der Waals surface area contributed by atoms with Crippen molar-refractivity contribution >= 4 is 11.5 Å². The predicted octanol–water partition coefficient (Wildman–Crippen LogP) is 0.359. The molecule has 0 spiro atoms. The second kappa shape index (κ2) is 2.08. The molecular formula is C7H8N4. The normalized spacial score (nSPS) is 15.5. The van der Waals surface area contributed by atoms with Gasteiger partial charge in [0.05, 0.1) is 6.20 Å². The lowest BCUT2D eigenvalue weighted by Crippen LogP contribution is -2.17. The molecule has 2 heterocycles. The SMILES string of the molecule is CN1[C]N(C)c2ncncc21. The van der Waals surface area contributed by atoms with E-state index < -0.39 is 0 Å². The minimum absolute atomic E-state index is 0.905. The standard InChI is InChI=1S/C7H8N4/c1-10-5-11(2)7-6(10)3-8-4-9-7/h3-4H,1-2H3. The molecule has 0 unspecified atom stereocenters. The van der Waals surface area contributed by atoms with Gasteiger partial charge in [-0.3, -0.25) is 0 Å². The van der Waals surface area contributed by atoms with Gasteiger partial charge in [-0.15, -0.1) is 0 Å². The van der Waals surface area contributed by atoms with Gasteiger partial charge in [0.2, 0.25) is 6.67 Å². The van der Waals surface area contributed by atoms with E-state index in [1.807, 2.05) is 23.9 Å². The number of hydrogen-bond acceptors (Lipinski definition) is 4. The first-order chi connectivity index (χ1) is 5.29. The smallest absolute Gasteiger partial charge is 0.209 e. The first-order valence-corrected chi connectivity index (χ1v) is 3.33. The Kier molecular flexibility index (Phi) is 1.21. The van der Waals surface area contributed by atoms with Crippen LogP contribution >= 0.6 is 0 Å². The summed E-state index contributed by atoms with van der Waals surface area (Å²) in [7, 11) is 3.83. The third-order valence-corrected chi connectivity index (χ3v) is 1.65. The maximum absolute atomic E-state index is 4.10. The van der Waals surface area contributed by atoms with Gasteiger partial charge in [0.25, 0.3) is 0 Å². The minimum Gasteiger partial charge on any atom is -0.340 e. The van der Waals surface area contributed by atoms with Gasteiger partial charge in [0.1, 0.15) is 12.0 Å². The summed E-state index contributed by atoms with van der Waals surface area (Å²) in [5.74, 6) is 0.905. The predicted molar refractivity (Wildman–Crippen MR) is 42.1 cm³/mol. The Labute approximate surface area is 65.5 Å². The van der Waals surface area contributed by atoms with Gasteiger partial charge >= 0.3 is 0 Å². The average molecular weight is 148 g/mol. The summed E-state index contributed by atoms with van der Waals surface area (Å²) in [6.45, 7) is 3.05. The van der Waals surface area contributed by atoms with Crippen molar-refractivity contribution in [2.75, 3.05) is 23.9 Å². The fraction of sp³-hybridized carbons (Fsp3) is 0.286. The lowest BCUT2D eigenvalue weighted by atomic mass is 10.5. The number of fused-ring (bicyclic) bond motifs is 1. The Hall–Kier alpha value is -1.32. The van der Waals surface area contributed by atoms with Gasteiger partial charge in [-0.2, -0.15) is 0 Å². The second-order valence-electron chi connectivity index (χ2n) is 2.45. The molecule has 2 rings (SSSR count). The van der Waals surface area contributed by atoms with Crippen LogP contribution < -0.4 is 9.80 Å². The van der Waals surface area contributed by atoms with Gasteiger partial charge < -0.3 is 9.80 Å². The van der Waals surface area contributed by atoms with Crippen LogP contribution in [0.5, 0.6) is 0 Å². The molecule has 0 atom stereocenters. The molecule has 4 heteroatoms. The summed E-state index contributed by atoms with van der Waals surface area (Å²) in [4.78, 5) is 11.7. The van der Waals surface area contributed by atoms with Gasteiger partial charge in [0, 0.05) is 14.1 Å². The van der Waals surface area contributed by atoms with E-state index in [2.05, 4.69) is 16.6 Å². The first-order valence-electron chi connectivity index (χ1n) is 3.33. The van der Waals surface area contributed by atoms with Crippen LogP contribution in [0.15, 0.2) is 12.5 Å². The number of anilines is 2. The third-order valence-electron chi connectivity index (χ3n) is 1.65. The van der Waals surface area contributed by atoms with Crippen LogP contribution in [0.2, 0.25) is 0 Å². The van der Waals surface area contributed by atoms with Crippen molar-refractivity contribution in [3.8, 4) is 0 Å². The van der Waals surface area contributed by atoms with Gasteiger partial charge in [-0.25, -0.2) is 9.97 Å². The lowest BCUT2D eigenvalue weighted by molar-refractivity contribution is 1.03. The van der Waals surface area contributed by atoms with Gasteiger partial charge in [0.15, 0.2) is 5.82 Å². The van der Waals surface area contributed by atoms with Crippen molar-refractivity contribution in [1.82, 2.24) is 9.97 Å². The molecule has 1 aromatic rings. The maximum Gasteiger partial charge on any atom is 0.209 e. The molecular weight excluding hydrogens is 140 g/mol. The molecule has 0 aliphatic carbocycles. The zero-order valence-electron chi connectivity index (χ0n) is 6.44. The molecule has 1 aliphatic heterocycles. The molecule has 11 heavy (non-hydrogen) atoms. The maximum atomic E-state index is 4.10.